The van der Waals surface area contributed by atoms with Crippen molar-refractivity contribution in [3.8, 4) is 0 Å². The maximum Gasteiger partial charge on any atom is 0.315 e. The predicted molar refractivity (Wildman–Crippen MR) is 93.5 cm³/mol. The first kappa shape index (κ1) is 18.0. The van der Waals surface area contributed by atoms with Crippen molar-refractivity contribution in [1.82, 2.24) is 20.4 Å². The monoisotopic (exact) mass is 330 g/mol. The van der Waals surface area contributed by atoms with Gasteiger partial charge in [0.2, 0.25) is 0 Å². The Balaban J connectivity index is 1.75. The molecule has 130 valence electrons. The van der Waals surface area contributed by atoms with Crippen LogP contribution in [0.4, 0.5) is 4.79 Å². The largest absolute Gasteiger partial charge is 0.391 e. The van der Waals surface area contributed by atoms with E-state index in [9.17, 15) is 9.90 Å². The maximum absolute atomic E-state index is 11.8. The zero-order valence-corrected chi connectivity index (χ0v) is 14.5. The van der Waals surface area contributed by atoms with Crippen LogP contribution in [0, 0.1) is 5.41 Å². The summed E-state index contributed by atoms with van der Waals surface area (Å²) >= 11 is 0. The zero-order valence-electron chi connectivity index (χ0n) is 14.5. The van der Waals surface area contributed by atoms with Gasteiger partial charge >= 0.3 is 6.03 Å². The number of aromatic nitrogens is 2. The summed E-state index contributed by atoms with van der Waals surface area (Å²) in [6, 6.07) is 9.78. The lowest BCUT2D eigenvalue weighted by molar-refractivity contribution is 0.0650. The number of amides is 2. The van der Waals surface area contributed by atoms with Gasteiger partial charge in [-0.2, -0.15) is 5.10 Å². The molecule has 1 aromatic carbocycles. The fraction of sp³-hybridized carbons (Fsp3) is 0.444. The van der Waals surface area contributed by atoms with Crippen LogP contribution in [0.15, 0.2) is 42.7 Å². The molecule has 1 aromatic heterocycles. The highest BCUT2D eigenvalue weighted by molar-refractivity contribution is 5.73. The SMILES string of the molecule is CC(C)(C)C(O)CNC(=O)NCc1cnn(Cc2ccccc2)c1. The number of nitrogens with one attached hydrogen (secondary N) is 2. The number of rotatable bonds is 6. The van der Waals surface area contributed by atoms with Gasteiger partial charge in [-0.15, -0.1) is 0 Å². The van der Waals surface area contributed by atoms with Crippen molar-refractivity contribution in [3.05, 3.63) is 53.9 Å². The average molecular weight is 330 g/mol. The van der Waals surface area contributed by atoms with Crippen LogP contribution in [0.25, 0.3) is 0 Å². The van der Waals surface area contributed by atoms with Crippen LogP contribution in [-0.2, 0) is 13.1 Å². The molecular weight excluding hydrogens is 304 g/mol. The summed E-state index contributed by atoms with van der Waals surface area (Å²) in [6.45, 7) is 7.11. The summed E-state index contributed by atoms with van der Waals surface area (Å²) in [5.74, 6) is 0. The van der Waals surface area contributed by atoms with Crippen LogP contribution < -0.4 is 10.6 Å². The normalized spacial score (nSPS) is 12.7. The molecule has 1 heterocycles. The molecule has 2 rings (SSSR count). The van der Waals surface area contributed by atoms with Crippen molar-refractivity contribution in [2.24, 2.45) is 5.41 Å². The number of benzene rings is 1. The highest BCUT2D eigenvalue weighted by Crippen LogP contribution is 2.17. The molecule has 3 N–H and O–H groups in total. The third kappa shape index (κ3) is 5.70. The van der Waals surface area contributed by atoms with Gasteiger partial charge in [0.1, 0.15) is 0 Å². The molecule has 0 aliphatic rings. The van der Waals surface area contributed by atoms with E-state index in [4.69, 9.17) is 0 Å². The minimum Gasteiger partial charge on any atom is -0.391 e. The van der Waals surface area contributed by atoms with Crippen molar-refractivity contribution in [1.29, 1.82) is 0 Å². The Bertz CT molecular complexity index is 647. The number of urea groups is 1. The second-order valence-electron chi connectivity index (χ2n) is 6.98. The molecule has 2 aromatic rings. The van der Waals surface area contributed by atoms with Crippen molar-refractivity contribution < 1.29 is 9.90 Å². The minimum atomic E-state index is -0.586. The van der Waals surface area contributed by atoms with Crippen molar-refractivity contribution in [2.75, 3.05) is 6.54 Å². The first-order chi connectivity index (χ1) is 11.3. The van der Waals surface area contributed by atoms with Gasteiger partial charge in [0.25, 0.3) is 0 Å². The second kappa shape index (κ2) is 7.97. The third-order valence-corrected chi connectivity index (χ3v) is 3.78. The van der Waals surface area contributed by atoms with Crippen LogP contribution >= 0.6 is 0 Å². The Labute approximate surface area is 142 Å². The van der Waals surface area contributed by atoms with Gasteiger partial charge in [-0.05, 0) is 11.0 Å². The Morgan fingerprint density at radius 1 is 1.21 bits per heavy atom. The maximum atomic E-state index is 11.8. The van der Waals surface area contributed by atoms with E-state index < -0.39 is 6.10 Å². The average Bonchev–Trinajstić information content (AvgIpc) is 2.98. The Morgan fingerprint density at radius 2 is 1.92 bits per heavy atom. The van der Waals surface area contributed by atoms with Gasteiger partial charge in [0.15, 0.2) is 0 Å². The standard InChI is InChI=1S/C18H26N4O2/c1-18(2,3)16(23)11-20-17(24)19-9-15-10-21-22(13-15)12-14-7-5-4-6-8-14/h4-8,10,13,16,23H,9,11-12H2,1-3H3,(H2,19,20,24). The molecule has 1 unspecified atom stereocenters. The van der Waals surface area contributed by atoms with Gasteiger partial charge in [0, 0.05) is 24.8 Å². The van der Waals surface area contributed by atoms with Gasteiger partial charge in [-0.1, -0.05) is 51.1 Å². The van der Waals surface area contributed by atoms with Crippen LogP contribution in [-0.4, -0.2) is 33.6 Å². The van der Waals surface area contributed by atoms with Crippen LogP contribution in [0.5, 0.6) is 0 Å². The van der Waals surface area contributed by atoms with E-state index in [1.54, 1.807) is 6.20 Å². The van der Waals surface area contributed by atoms with Gasteiger partial charge in [-0.25, -0.2) is 4.79 Å². The van der Waals surface area contributed by atoms with Gasteiger partial charge < -0.3 is 15.7 Å². The summed E-state index contributed by atoms with van der Waals surface area (Å²) in [5, 5.41) is 19.7. The number of hydrogen-bond acceptors (Lipinski definition) is 3. The molecule has 6 heteroatoms. The fourth-order valence-electron chi connectivity index (χ4n) is 2.10. The van der Waals surface area contributed by atoms with Crippen LogP contribution in [0.2, 0.25) is 0 Å². The smallest absolute Gasteiger partial charge is 0.315 e. The number of carbonyl (C=O) groups is 1. The number of hydrogen-bond donors (Lipinski definition) is 3. The van der Waals surface area contributed by atoms with Crippen molar-refractivity contribution in [2.45, 2.75) is 40.0 Å². The third-order valence-electron chi connectivity index (χ3n) is 3.78. The number of nitrogens with zero attached hydrogens (tertiary/aromatic N) is 2. The van der Waals surface area contributed by atoms with Gasteiger partial charge in [0.05, 0.1) is 18.8 Å². The molecule has 6 nitrogen and oxygen atoms in total. The molecule has 0 spiro atoms. The van der Waals surface area contributed by atoms with E-state index in [2.05, 4.69) is 15.7 Å². The highest BCUT2D eigenvalue weighted by Gasteiger charge is 2.22. The van der Waals surface area contributed by atoms with E-state index in [-0.39, 0.29) is 18.0 Å². The second-order valence-corrected chi connectivity index (χ2v) is 6.98. The van der Waals surface area contributed by atoms with Gasteiger partial charge in [-0.3, -0.25) is 4.68 Å². The molecular formula is C18H26N4O2. The van der Waals surface area contributed by atoms with Crippen molar-refractivity contribution >= 4 is 6.03 Å². The van der Waals surface area contributed by atoms with Crippen LogP contribution in [0.1, 0.15) is 31.9 Å². The van der Waals surface area contributed by atoms with Crippen molar-refractivity contribution in [3.63, 3.8) is 0 Å². The number of aliphatic hydroxyl groups excluding tert-OH is 1. The lowest BCUT2D eigenvalue weighted by atomic mass is 9.89. The lowest BCUT2D eigenvalue weighted by Gasteiger charge is -2.25. The highest BCUT2D eigenvalue weighted by atomic mass is 16.3. The topological polar surface area (TPSA) is 79.2 Å². The summed E-state index contributed by atoms with van der Waals surface area (Å²) in [4.78, 5) is 11.8. The first-order valence-corrected chi connectivity index (χ1v) is 8.09. The molecule has 24 heavy (non-hydrogen) atoms. The Hall–Kier alpha value is -2.34. The molecule has 0 aliphatic heterocycles. The molecule has 0 bridgehead atoms. The summed E-state index contributed by atoms with van der Waals surface area (Å²) < 4.78 is 1.84. The summed E-state index contributed by atoms with van der Waals surface area (Å²) in [5.41, 5.74) is 1.85. The molecule has 0 saturated carbocycles. The molecule has 0 fully saturated rings. The lowest BCUT2D eigenvalue weighted by Crippen LogP contribution is -2.43. The van der Waals surface area contributed by atoms with E-state index >= 15 is 0 Å². The fourth-order valence-corrected chi connectivity index (χ4v) is 2.10. The van der Waals surface area contributed by atoms with Crippen LogP contribution in [0.3, 0.4) is 0 Å². The summed E-state index contributed by atoms with van der Waals surface area (Å²) in [7, 11) is 0. The molecule has 1 atom stereocenters. The number of carbonyl (C=O) groups excluding carboxylic acids is 1. The zero-order chi connectivity index (χ0) is 17.6. The Morgan fingerprint density at radius 3 is 2.58 bits per heavy atom. The van der Waals surface area contributed by atoms with E-state index in [1.807, 2.05) is 62.0 Å². The molecule has 0 aliphatic carbocycles. The molecule has 2 amide bonds. The quantitative estimate of drug-likeness (QED) is 0.759. The van der Waals surface area contributed by atoms with E-state index in [1.165, 1.54) is 5.56 Å². The number of aliphatic hydroxyl groups is 1. The van der Waals surface area contributed by atoms with E-state index in [0.717, 1.165) is 5.56 Å². The predicted octanol–water partition coefficient (Wildman–Crippen LogP) is 2.14. The summed E-state index contributed by atoms with van der Waals surface area (Å²) in [6.07, 6.45) is 3.07. The van der Waals surface area contributed by atoms with E-state index in [0.29, 0.717) is 13.1 Å². The minimum absolute atomic E-state index is 0.225. The molecule has 0 radical (unpaired) electrons. The Kier molecular flexibility index (Phi) is 5.98. The first-order valence-electron chi connectivity index (χ1n) is 8.09. The molecule has 0 saturated heterocycles.